The van der Waals surface area contributed by atoms with Gasteiger partial charge in [0, 0.05) is 71.0 Å². The zero-order valence-electron chi connectivity index (χ0n) is 18.5. The highest BCUT2D eigenvalue weighted by molar-refractivity contribution is 5.79. The van der Waals surface area contributed by atoms with Gasteiger partial charge in [-0.15, -0.1) is 0 Å². The van der Waals surface area contributed by atoms with E-state index >= 15 is 0 Å². The molecule has 3 rings (SSSR count). The molecule has 168 valence electrons. The monoisotopic (exact) mass is 417 g/mol. The lowest BCUT2D eigenvalue weighted by molar-refractivity contribution is 0.128. The maximum absolute atomic E-state index is 9.40. The number of rotatable bonds is 10. The standard InChI is InChI=1S/C23H39N5O2/c1-2-24-22(26-19-23(8-16-29)9-17-30-20-23)25-10-11-27-12-14-28(15-13-27)18-21-6-4-3-5-7-21/h3-7,29H,2,8-20H2,1H3,(H2,24,25,26). The molecule has 0 aliphatic carbocycles. The van der Waals surface area contributed by atoms with Crippen molar-refractivity contribution in [2.75, 3.05) is 72.2 Å². The third kappa shape index (κ3) is 7.23. The minimum atomic E-state index is -0.00775. The van der Waals surface area contributed by atoms with Crippen LogP contribution in [0.15, 0.2) is 35.3 Å². The van der Waals surface area contributed by atoms with E-state index in [-0.39, 0.29) is 12.0 Å². The van der Waals surface area contributed by atoms with Crippen molar-refractivity contribution in [2.45, 2.75) is 26.3 Å². The number of aliphatic imine (C=N–C) groups is 1. The summed E-state index contributed by atoms with van der Waals surface area (Å²) in [6.45, 7) is 12.7. The number of hydrogen-bond donors (Lipinski definition) is 3. The van der Waals surface area contributed by atoms with Gasteiger partial charge in [-0.25, -0.2) is 0 Å². The van der Waals surface area contributed by atoms with E-state index in [4.69, 9.17) is 9.73 Å². The van der Waals surface area contributed by atoms with Crippen LogP contribution in [0, 0.1) is 5.41 Å². The second kappa shape index (κ2) is 12.2. The predicted octanol–water partition coefficient (Wildman–Crippen LogP) is 1.15. The topological polar surface area (TPSA) is 72.4 Å². The number of hydrogen-bond acceptors (Lipinski definition) is 5. The Bertz CT molecular complexity index is 626. The highest BCUT2D eigenvalue weighted by Crippen LogP contribution is 2.32. The normalized spacial score (nSPS) is 23.6. The third-order valence-electron chi connectivity index (χ3n) is 6.18. The van der Waals surface area contributed by atoms with Crippen LogP contribution in [0.1, 0.15) is 25.3 Å². The quantitative estimate of drug-likeness (QED) is 0.392. The molecule has 2 heterocycles. The minimum Gasteiger partial charge on any atom is -0.396 e. The first-order chi connectivity index (χ1) is 14.7. The largest absolute Gasteiger partial charge is 0.396 e. The van der Waals surface area contributed by atoms with Crippen molar-refractivity contribution in [1.82, 2.24) is 20.4 Å². The lowest BCUT2D eigenvalue weighted by Crippen LogP contribution is -2.49. The summed E-state index contributed by atoms with van der Waals surface area (Å²) >= 11 is 0. The Labute approximate surface area is 181 Å². The lowest BCUT2D eigenvalue weighted by Gasteiger charge is -2.34. The van der Waals surface area contributed by atoms with E-state index in [2.05, 4.69) is 57.7 Å². The summed E-state index contributed by atoms with van der Waals surface area (Å²) in [5.41, 5.74) is 1.39. The van der Waals surface area contributed by atoms with Gasteiger partial charge in [-0.3, -0.25) is 14.8 Å². The van der Waals surface area contributed by atoms with E-state index in [0.717, 1.165) is 77.8 Å². The average Bonchev–Trinajstić information content (AvgIpc) is 3.23. The second-order valence-electron chi connectivity index (χ2n) is 8.50. The predicted molar refractivity (Wildman–Crippen MR) is 122 cm³/mol. The minimum absolute atomic E-state index is 0.00775. The van der Waals surface area contributed by atoms with Crippen molar-refractivity contribution >= 4 is 5.96 Å². The molecule has 30 heavy (non-hydrogen) atoms. The molecule has 0 spiro atoms. The molecule has 2 saturated heterocycles. The molecule has 0 radical (unpaired) electrons. The SMILES string of the molecule is CCNC(=NCC1(CCO)CCOC1)NCCN1CCN(Cc2ccccc2)CC1. The van der Waals surface area contributed by atoms with Gasteiger partial charge in [-0.2, -0.15) is 0 Å². The summed E-state index contributed by atoms with van der Waals surface area (Å²) in [6.07, 6.45) is 1.73. The summed E-state index contributed by atoms with van der Waals surface area (Å²) in [5.74, 6) is 0.865. The van der Waals surface area contributed by atoms with Crippen LogP contribution in [-0.2, 0) is 11.3 Å². The molecular weight excluding hydrogens is 378 g/mol. The maximum Gasteiger partial charge on any atom is 0.191 e. The summed E-state index contributed by atoms with van der Waals surface area (Å²) < 4.78 is 5.58. The molecule has 7 heteroatoms. The molecule has 0 aromatic heterocycles. The van der Waals surface area contributed by atoms with Gasteiger partial charge in [0.25, 0.3) is 0 Å². The number of benzene rings is 1. The number of nitrogens with one attached hydrogen (secondary N) is 2. The van der Waals surface area contributed by atoms with E-state index in [1.54, 1.807) is 0 Å². The van der Waals surface area contributed by atoms with Crippen LogP contribution < -0.4 is 10.6 Å². The number of aliphatic hydroxyl groups excluding tert-OH is 1. The van der Waals surface area contributed by atoms with E-state index in [0.29, 0.717) is 13.2 Å². The molecule has 2 aliphatic heterocycles. The molecule has 7 nitrogen and oxygen atoms in total. The Kier molecular flexibility index (Phi) is 9.39. The van der Waals surface area contributed by atoms with Crippen LogP contribution in [-0.4, -0.2) is 93.0 Å². The van der Waals surface area contributed by atoms with Gasteiger partial charge in [0.05, 0.1) is 13.2 Å². The maximum atomic E-state index is 9.40. The number of guanidine groups is 1. The Morgan fingerprint density at radius 2 is 1.90 bits per heavy atom. The van der Waals surface area contributed by atoms with Gasteiger partial charge < -0.3 is 20.5 Å². The molecule has 2 fully saturated rings. The third-order valence-corrected chi connectivity index (χ3v) is 6.18. The summed E-state index contributed by atoms with van der Waals surface area (Å²) in [6, 6.07) is 10.7. The van der Waals surface area contributed by atoms with E-state index in [1.165, 1.54) is 5.56 Å². The van der Waals surface area contributed by atoms with Crippen molar-refractivity contribution in [3.8, 4) is 0 Å². The van der Waals surface area contributed by atoms with Crippen LogP contribution in [0.3, 0.4) is 0 Å². The van der Waals surface area contributed by atoms with Crippen LogP contribution >= 0.6 is 0 Å². The Hall–Kier alpha value is -1.67. The molecule has 1 aromatic carbocycles. The Balaban J connectivity index is 1.38. The molecule has 1 unspecified atom stereocenters. The van der Waals surface area contributed by atoms with Gasteiger partial charge in [-0.1, -0.05) is 30.3 Å². The van der Waals surface area contributed by atoms with Gasteiger partial charge in [0.1, 0.15) is 0 Å². The van der Waals surface area contributed by atoms with Gasteiger partial charge >= 0.3 is 0 Å². The van der Waals surface area contributed by atoms with Crippen molar-refractivity contribution in [3.05, 3.63) is 35.9 Å². The zero-order chi connectivity index (χ0) is 21.1. The molecule has 2 aliphatic rings. The summed E-state index contributed by atoms with van der Waals surface area (Å²) in [5, 5.41) is 16.2. The molecular formula is C23H39N5O2. The fourth-order valence-corrected chi connectivity index (χ4v) is 4.22. The fraction of sp³-hybridized carbons (Fsp3) is 0.696. The first-order valence-corrected chi connectivity index (χ1v) is 11.4. The molecule has 3 N–H and O–H groups in total. The number of ether oxygens (including phenoxy) is 1. The zero-order valence-corrected chi connectivity index (χ0v) is 18.5. The summed E-state index contributed by atoms with van der Waals surface area (Å²) in [4.78, 5) is 9.87. The highest BCUT2D eigenvalue weighted by Gasteiger charge is 2.34. The molecule has 1 aromatic rings. The van der Waals surface area contributed by atoms with Crippen LogP contribution in [0.2, 0.25) is 0 Å². The van der Waals surface area contributed by atoms with Crippen molar-refractivity contribution in [3.63, 3.8) is 0 Å². The van der Waals surface area contributed by atoms with Crippen molar-refractivity contribution in [2.24, 2.45) is 10.4 Å². The van der Waals surface area contributed by atoms with Gasteiger partial charge in [-0.05, 0) is 25.3 Å². The van der Waals surface area contributed by atoms with Crippen LogP contribution in [0.25, 0.3) is 0 Å². The molecule has 1 atom stereocenters. The number of aliphatic hydroxyl groups is 1. The Morgan fingerprint density at radius 1 is 1.13 bits per heavy atom. The van der Waals surface area contributed by atoms with Crippen molar-refractivity contribution < 1.29 is 9.84 Å². The van der Waals surface area contributed by atoms with Gasteiger partial charge in [0.2, 0.25) is 0 Å². The number of nitrogens with zero attached hydrogens (tertiary/aromatic N) is 3. The smallest absolute Gasteiger partial charge is 0.191 e. The first-order valence-electron chi connectivity index (χ1n) is 11.4. The van der Waals surface area contributed by atoms with E-state index in [9.17, 15) is 5.11 Å². The van der Waals surface area contributed by atoms with E-state index in [1.807, 2.05) is 0 Å². The Morgan fingerprint density at radius 3 is 2.57 bits per heavy atom. The van der Waals surface area contributed by atoms with Crippen LogP contribution in [0.5, 0.6) is 0 Å². The fourth-order valence-electron chi connectivity index (χ4n) is 4.22. The van der Waals surface area contributed by atoms with Gasteiger partial charge in [0.15, 0.2) is 5.96 Å². The lowest BCUT2D eigenvalue weighted by atomic mass is 9.84. The van der Waals surface area contributed by atoms with E-state index < -0.39 is 0 Å². The van der Waals surface area contributed by atoms with Crippen molar-refractivity contribution in [1.29, 1.82) is 0 Å². The number of piperazine rings is 1. The second-order valence-corrected chi connectivity index (χ2v) is 8.50. The molecule has 0 saturated carbocycles. The molecule has 0 amide bonds. The average molecular weight is 418 g/mol. The van der Waals surface area contributed by atoms with Crippen LogP contribution in [0.4, 0.5) is 0 Å². The molecule has 0 bridgehead atoms. The summed E-state index contributed by atoms with van der Waals surface area (Å²) in [7, 11) is 0. The highest BCUT2D eigenvalue weighted by atomic mass is 16.5. The first kappa shape index (κ1) is 23.0.